The van der Waals surface area contributed by atoms with Crippen molar-refractivity contribution >= 4 is 29.5 Å². The quantitative estimate of drug-likeness (QED) is 0.446. The van der Waals surface area contributed by atoms with Gasteiger partial charge in [0.25, 0.3) is 11.5 Å². The zero-order valence-corrected chi connectivity index (χ0v) is 11.3. The Hall–Kier alpha value is -2.16. The molecular weight excluding hydrogens is 286 g/mol. The molecule has 0 spiro atoms. The number of carboxylic acid groups (broad SMARTS) is 1. The molecule has 8 nitrogen and oxygen atoms in total. The van der Waals surface area contributed by atoms with Crippen LogP contribution in [0, 0.1) is 0 Å². The number of hydrogen-bond donors (Lipinski definition) is 1. The van der Waals surface area contributed by atoms with E-state index in [4.69, 9.17) is 5.11 Å². The topological polar surface area (TPSA) is 110 Å². The van der Waals surface area contributed by atoms with E-state index in [1.54, 1.807) is 0 Å². The van der Waals surface area contributed by atoms with E-state index in [1.165, 1.54) is 23.9 Å². The summed E-state index contributed by atoms with van der Waals surface area (Å²) in [7, 11) is 1.38. The predicted octanol–water partition coefficient (Wildman–Crippen LogP) is -0.650. The number of likely N-dealkylation sites (tertiary alicyclic amines) is 1. The number of aliphatic carboxylic acids is 1. The maximum absolute atomic E-state index is 11.9. The lowest BCUT2D eigenvalue weighted by molar-refractivity contribution is -0.137. The third-order valence-corrected chi connectivity index (χ3v) is 3.77. The van der Waals surface area contributed by atoms with Gasteiger partial charge in [-0.25, -0.2) is 0 Å². The zero-order chi connectivity index (χ0) is 14.9. The second-order valence-corrected chi connectivity index (χ2v) is 5.09. The number of rotatable bonds is 4. The largest absolute Gasteiger partial charge is 0.481 e. The SMILES string of the molecule is CN1C(=O)CC(n2ccc(=O)nc2SCC(=O)O)C1=O. The van der Waals surface area contributed by atoms with Crippen molar-refractivity contribution in [1.29, 1.82) is 0 Å². The van der Waals surface area contributed by atoms with E-state index in [0.717, 1.165) is 16.7 Å². The Morgan fingerprint density at radius 1 is 1.50 bits per heavy atom. The van der Waals surface area contributed by atoms with Crippen LogP contribution in [0.3, 0.4) is 0 Å². The summed E-state index contributed by atoms with van der Waals surface area (Å²) >= 11 is 0.831. The Bertz CT molecular complexity index is 641. The summed E-state index contributed by atoms with van der Waals surface area (Å²) in [6.07, 6.45) is 1.33. The molecule has 0 aliphatic carbocycles. The Balaban J connectivity index is 2.36. The van der Waals surface area contributed by atoms with Gasteiger partial charge in [-0.2, -0.15) is 4.98 Å². The molecule has 1 aliphatic rings. The third kappa shape index (κ3) is 2.72. The minimum atomic E-state index is -1.06. The summed E-state index contributed by atoms with van der Waals surface area (Å²) in [5.74, 6) is -2.09. The second-order valence-electron chi connectivity index (χ2n) is 4.15. The van der Waals surface area contributed by atoms with E-state index in [9.17, 15) is 19.2 Å². The number of thioether (sulfide) groups is 1. The maximum atomic E-state index is 11.9. The number of likely N-dealkylation sites (N-methyl/N-ethyl adjacent to an activating group) is 1. The summed E-state index contributed by atoms with van der Waals surface area (Å²) in [6, 6.07) is 0.387. The zero-order valence-electron chi connectivity index (χ0n) is 10.5. The molecule has 1 aliphatic heterocycles. The lowest BCUT2D eigenvalue weighted by atomic mass is 10.2. The highest BCUT2D eigenvalue weighted by Crippen LogP contribution is 2.27. The van der Waals surface area contributed by atoms with Gasteiger partial charge in [0.15, 0.2) is 5.16 Å². The normalized spacial score (nSPS) is 18.6. The Morgan fingerprint density at radius 3 is 2.75 bits per heavy atom. The van der Waals surface area contributed by atoms with Crippen LogP contribution in [-0.2, 0) is 14.4 Å². The molecule has 2 rings (SSSR count). The number of nitrogens with zero attached hydrogens (tertiary/aromatic N) is 3. The predicted molar refractivity (Wildman–Crippen MR) is 68.3 cm³/mol. The van der Waals surface area contributed by atoms with Crippen molar-refractivity contribution in [3.63, 3.8) is 0 Å². The van der Waals surface area contributed by atoms with E-state index >= 15 is 0 Å². The van der Waals surface area contributed by atoms with Crippen molar-refractivity contribution in [2.45, 2.75) is 17.6 Å². The first-order valence-corrected chi connectivity index (χ1v) is 6.63. The monoisotopic (exact) mass is 297 g/mol. The summed E-state index contributed by atoms with van der Waals surface area (Å²) < 4.78 is 1.37. The summed E-state index contributed by atoms with van der Waals surface area (Å²) in [5, 5.41) is 8.78. The van der Waals surface area contributed by atoms with Gasteiger partial charge in [0.1, 0.15) is 6.04 Å². The lowest BCUT2D eigenvalue weighted by Gasteiger charge is -2.15. The fourth-order valence-corrected chi connectivity index (χ4v) is 2.57. The molecule has 2 heterocycles. The molecule has 106 valence electrons. The van der Waals surface area contributed by atoms with Gasteiger partial charge in [-0.05, 0) is 0 Å². The van der Waals surface area contributed by atoms with Crippen LogP contribution in [0.2, 0.25) is 0 Å². The molecule has 1 atom stereocenters. The van der Waals surface area contributed by atoms with Gasteiger partial charge < -0.3 is 9.67 Å². The van der Waals surface area contributed by atoms with Gasteiger partial charge in [0.05, 0.1) is 12.2 Å². The van der Waals surface area contributed by atoms with Crippen LogP contribution < -0.4 is 5.56 Å². The minimum Gasteiger partial charge on any atom is -0.481 e. The highest BCUT2D eigenvalue weighted by Gasteiger charge is 2.38. The molecule has 20 heavy (non-hydrogen) atoms. The molecule has 2 amide bonds. The third-order valence-electron chi connectivity index (χ3n) is 2.82. The Kier molecular flexibility index (Phi) is 3.89. The highest BCUT2D eigenvalue weighted by molar-refractivity contribution is 7.99. The second kappa shape index (κ2) is 5.45. The molecule has 0 radical (unpaired) electrons. The van der Waals surface area contributed by atoms with Crippen LogP contribution in [0.1, 0.15) is 12.5 Å². The van der Waals surface area contributed by atoms with Crippen molar-refractivity contribution in [1.82, 2.24) is 14.5 Å². The minimum absolute atomic E-state index is 0.0273. The maximum Gasteiger partial charge on any atom is 0.313 e. The van der Waals surface area contributed by atoms with Gasteiger partial charge in [-0.1, -0.05) is 11.8 Å². The van der Waals surface area contributed by atoms with E-state index < -0.39 is 23.5 Å². The van der Waals surface area contributed by atoms with E-state index in [2.05, 4.69) is 4.98 Å². The number of carbonyl (C=O) groups excluding carboxylic acids is 2. The van der Waals surface area contributed by atoms with Crippen LogP contribution in [0.5, 0.6) is 0 Å². The number of carboxylic acids is 1. The number of aromatic nitrogens is 2. The van der Waals surface area contributed by atoms with Crippen LogP contribution in [0.25, 0.3) is 0 Å². The van der Waals surface area contributed by atoms with E-state index in [0.29, 0.717) is 0 Å². The molecule has 9 heteroatoms. The average Bonchev–Trinajstić information content (AvgIpc) is 2.64. The van der Waals surface area contributed by atoms with E-state index in [-0.39, 0.29) is 23.2 Å². The van der Waals surface area contributed by atoms with Crippen LogP contribution in [0.4, 0.5) is 0 Å². The van der Waals surface area contributed by atoms with Crippen molar-refractivity contribution in [2.75, 3.05) is 12.8 Å². The molecular formula is C11H11N3O5S. The van der Waals surface area contributed by atoms with Crippen molar-refractivity contribution in [2.24, 2.45) is 0 Å². The molecule has 1 fully saturated rings. The first kappa shape index (κ1) is 14.3. The standard InChI is InChI=1S/C11H11N3O5S/c1-13-8(16)4-6(10(13)19)14-3-2-7(15)12-11(14)20-5-9(17)18/h2-3,6H,4-5H2,1H3,(H,17,18). The number of carbonyl (C=O) groups is 3. The lowest BCUT2D eigenvalue weighted by Crippen LogP contribution is -2.28. The van der Waals surface area contributed by atoms with Crippen molar-refractivity contribution < 1.29 is 19.5 Å². The van der Waals surface area contributed by atoms with Gasteiger partial charge in [0.2, 0.25) is 5.91 Å². The van der Waals surface area contributed by atoms with Gasteiger partial charge >= 0.3 is 5.97 Å². The number of imide groups is 1. The highest BCUT2D eigenvalue weighted by atomic mass is 32.2. The molecule has 1 saturated heterocycles. The van der Waals surface area contributed by atoms with Crippen molar-refractivity contribution in [3.8, 4) is 0 Å². The van der Waals surface area contributed by atoms with Gasteiger partial charge in [0, 0.05) is 19.3 Å². The fraction of sp³-hybridized carbons (Fsp3) is 0.364. The molecule has 0 saturated carbocycles. The molecule has 1 unspecified atom stereocenters. The Labute approximate surface area is 117 Å². The van der Waals surface area contributed by atoms with Crippen LogP contribution in [-0.4, -0.2) is 50.1 Å². The smallest absolute Gasteiger partial charge is 0.313 e. The van der Waals surface area contributed by atoms with Gasteiger partial charge in [-0.3, -0.25) is 24.1 Å². The fourth-order valence-electron chi connectivity index (χ4n) is 1.82. The summed E-state index contributed by atoms with van der Waals surface area (Å²) in [5.41, 5.74) is -0.528. The molecule has 1 N–H and O–H groups in total. The summed E-state index contributed by atoms with van der Waals surface area (Å²) in [4.78, 5) is 50.0. The van der Waals surface area contributed by atoms with E-state index in [1.807, 2.05) is 0 Å². The first-order valence-electron chi connectivity index (χ1n) is 5.64. The summed E-state index contributed by atoms with van der Waals surface area (Å²) in [6.45, 7) is 0. The molecule has 1 aromatic rings. The molecule has 1 aromatic heterocycles. The molecule has 0 aromatic carbocycles. The van der Waals surface area contributed by atoms with Crippen LogP contribution >= 0.6 is 11.8 Å². The van der Waals surface area contributed by atoms with Gasteiger partial charge in [-0.15, -0.1) is 0 Å². The van der Waals surface area contributed by atoms with Crippen LogP contribution in [0.15, 0.2) is 22.2 Å². The first-order chi connectivity index (χ1) is 9.40. The van der Waals surface area contributed by atoms with Crippen molar-refractivity contribution in [3.05, 3.63) is 22.6 Å². The average molecular weight is 297 g/mol. The molecule has 0 bridgehead atoms. The Morgan fingerprint density at radius 2 is 2.20 bits per heavy atom. The number of amides is 2. The number of hydrogen-bond acceptors (Lipinski definition) is 6.